The number of amides is 2. The summed E-state index contributed by atoms with van der Waals surface area (Å²) in [4.78, 5) is 24.4. The Morgan fingerprint density at radius 1 is 1.27 bits per heavy atom. The summed E-state index contributed by atoms with van der Waals surface area (Å²) in [6.45, 7) is 6.05. The predicted octanol–water partition coefficient (Wildman–Crippen LogP) is 1.90. The number of nitrogens with one attached hydrogen (secondary N) is 2. The molecule has 0 bridgehead atoms. The molecule has 0 radical (unpaired) electrons. The maximum atomic E-state index is 12.2. The zero-order valence-corrected chi connectivity index (χ0v) is 15.1. The molecular weight excluding hydrogens is 332 g/mol. The van der Waals surface area contributed by atoms with E-state index >= 15 is 0 Å². The van der Waals surface area contributed by atoms with Crippen LogP contribution in [0, 0.1) is 19.8 Å². The molecule has 1 atom stereocenters. The Balaban J connectivity index is 1.52. The van der Waals surface area contributed by atoms with Gasteiger partial charge in [-0.2, -0.15) is 5.10 Å². The van der Waals surface area contributed by atoms with Gasteiger partial charge in [-0.1, -0.05) is 6.07 Å². The third-order valence-electron chi connectivity index (χ3n) is 4.62. The van der Waals surface area contributed by atoms with E-state index in [-0.39, 0.29) is 18.4 Å². The van der Waals surface area contributed by atoms with Crippen LogP contribution in [0.2, 0.25) is 0 Å². The summed E-state index contributed by atoms with van der Waals surface area (Å²) in [5.41, 5.74) is 2.72. The van der Waals surface area contributed by atoms with Crippen LogP contribution < -0.4 is 10.6 Å². The van der Waals surface area contributed by atoms with Gasteiger partial charge in [-0.15, -0.1) is 0 Å². The number of hydrogen-bond donors (Lipinski definition) is 2. The summed E-state index contributed by atoms with van der Waals surface area (Å²) in [5, 5.41) is 9.70. The molecule has 26 heavy (non-hydrogen) atoms. The molecule has 0 saturated carbocycles. The van der Waals surface area contributed by atoms with E-state index in [0.29, 0.717) is 23.8 Å². The van der Waals surface area contributed by atoms with Gasteiger partial charge in [0.05, 0.1) is 19.3 Å². The Bertz CT molecular complexity index is 794. The molecule has 1 aromatic heterocycles. The summed E-state index contributed by atoms with van der Waals surface area (Å²) < 4.78 is 7.14. The van der Waals surface area contributed by atoms with Crippen molar-refractivity contribution in [1.29, 1.82) is 0 Å². The minimum Gasteiger partial charge on any atom is -0.381 e. The Hall–Kier alpha value is -2.67. The second-order valence-corrected chi connectivity index (χ2v) is 6.66. The number of rotatable bonds is 6. The number of hydrogen-bond acceptors (Lipinski definition) is 4. The maximum Gasteiger partial charge on any atom is 0.251 e. The molecule has 7 heteroatoms. The molecule has 1 fully saturated rings. The van der Waals surface area contributed by atoms with Gasteiger partial charge < -0.3 is 15.4 Å². The van der Waals surface area contributed by atoms with Crippen LogP contribution in [0.15, 0.2) is 30.5 Å². The summed E-state index contributed by atoms with van der Waals surface area (Å²) in [6, 6.07) is 7.23. The monoisotopic (exact) mass is 356 g/mol. The van der Waals surface area contributed by atoms with E-state index in [1.165, 1.54) is 0 Å². The molecule has 2 amide bonds. The normalized spacial score (nSPS) is 16.5. The molecule has 0 spiro atoms. The van der Waals surface area contributed by atoms with Crippen LogP contribution in [-0.2, 0) is 16.1 Å². The number of anilines is 1. The second-order valence-electron chi connectivity index (χ2n) is 6.66. The molecule has 2 heterocycles. The van der Waals surface area contributed by atoms with E-state index in [9.17, 15) is 9.59 Å². The van der Waals surface area contributed by atoms with Gasteiger partial charge in [-0.25, -0.2) is 4.68 Å². The van der Waals surface area contributed by atoms with Gasteiger partial charge in [0, 0.05) is 30.7 Å². The first-order chi connectivity index (χ1) is 12.5. The minimum atomic E-state index is -0.286. The molecule has 7 nitrogen and oxygen atoms in total. The second kappa shape index (κ2) is 8.14. The van der Waals surface area contributed by atoms with Gasteiger partial charge >= 0.3 is 0 Å². The number of nitrogens with zero attached hydrogens (tertiary/aromatic N) is 2. The van der Waals surface area contributed by atoms with E-state index < -0.39 is 0 Å². The van der Waals surface area contributed by atoms with Crippen LogP contribution in [0.5, 0.6) is 0 Å². The van der Waals surface area contributed by atoms with Gasteiger partial charge in [0.25, 0.3) is 5.91 Å². The van der Waals surface area contributed by atoms with Crippen LogP contribution in [0.3, 0.4) is 0 Å². The van der Waals surface area contributed by atoms with Crippen molar-refractivity contribution in [1.82, 2.24) is 15.1 Å². The topological polar surface area (TPSA) is 85.3 Å². The molecule has 2 N–H and O–H groups in total. The fourth-order valence-electron chi connectivity index (χ4n) is 2.89. The molecule has 3 rings (SSSR count). The fourth-order valence-corrected chi connectivity index (χ4v) is 2.89. The summed E-state index contributed by atoms with van der Waals surface area (Å²) in [6.07, 6.45) is 2.65. The average molecular weight is 356 g/mol. The highest BCUT2D eigenvalue weighted by atomic mass is 16.5. The first-order valence-electron chi connectivity index (χ1n) is 8.78. The molecule has 138 valence electrons. The largest absolute Gasteiger partial charge is 0.381 e. The maximum absolute atomic E-state index is 12.2. The highest BCUT2D eigenvalue weighted by Gasteiger charge is 2.18. The molecule has 2 aromatic rings. The van der Waals surface area contributed by atoms with Crippen LogP contribution >= 0.6 is 0 Å². The van der Waals surface area contributed by atoms with E-state index in [4.69, 9.17) is 4.74 Å². The van der Waals surface area contributed by atoms with E-state index in [1.807, 2.05) is 26.0 Å². The minimum absolute atomic E-state index is 0.0938. The smallest absolute Gasteiger partial charge is 0.251 e. The number of aromatic nitrogens is 2. The lowest BCUT2D eigenvalue weighted by atomic mass is 10.1. The molecule has 1 saturated heterocycles. The zero-order chi connectivity index (χ0) is 18.5. The van der Waals surface area contributed by atoms with Gasteiger partial charge in [0.2, 0.25) is 5.91 Å². The van der Waals surface area contributed by atoms with E-state index in [0.717, 1.165) is 30.8 Å². The molecule has 1 aliphatic rings. The number of carbonyl (C=O) groups is 2. The van der Waals surface area contributed by atoms with Crippen molar-refractivity contribution in [2.24, 2.45) is 5.92 Å². The molecule has 0 unspecified atom stereocenters. The molecular formula is C19H24N4O3. The SMILES string of the molecule is Cc1ccc(C(=O)NCC(=O)Nc2ccnn2C[C@@H]2CCOC2)cc1C. The van der Waals surface area contributed by atoms with Gasteiger partial charge in [0.15, 0.2) is 0 Å². The summed E-state index contributed by atoms with van der Waals surface area (Å²) in [7, 11) is 0. The number of ether oxygens (including phenoxy) is 1. The van der Waals surface area contributed by atoms with Crippen molar-refractivity contribution in [3.63, 3.8) is 0 Å². The Labute approximate surface area is 152 Å². The Kier molecular flexibility index (Phi) is 5.68. The van der Waals surface area contributed by atoms with Crippen molar-refractivity contribution in [2.75, 3.05) is 25.1 Å². The molecule has 0 aliphatic carbocycles. The highest BCUT2D eigenvalue weighted by molar-refractivity contribution is 5.99. The lowest BCUT2D eigenvalue weighted by Crippen LogP contribution is -2.33. The Morgan fingerprint density at radius 2 is 2.12 bits per heavy atom. The highest BCUT2D eigenvalue weighted by Crippen LogP contribution is 2.17. The lowest BCUT2D eigenvalue weighted by Gasteiger charge is -2.12. The van der Waals surface area contributed by atoms with E-state index in [1.54, 1.807) is 23.0 Å². The lowest BCUT2D eigenvalue weighted by molar-refractivity contribution is -0.115. The Morgan fingerprint density at radius 3 is 2.85 bits per heavy atom. The van der Waals surface area contributed by atoms with Crippen molar-refractivity contribution in [3.8, 4) is 0 Å². The standard InChI is InChI=1S/C19H24N4O3/c1-13-3-4-16(9-14(13)2)19(25)20-10-18(24)22-17-5-7-21-23(17)11-15-6-8-26-12-15/h3-5,7,9,15H,6,8,10-12H2,1-2H3,(H,20,25)(H,22,24)/t15-/m0/s1. The number of aryl methyl sites for hydroxylation is 2. The summed E-state index contributed by atoms with van der Waals surface area (Å²) in [5.74, 6) is 0.490. The zero-order valence-electron chi connectivity index (χ0n) is 15.1. The van der Waals surface area contributed by atoms with Crippen LogP contribution in [-0.4, -0.2) is 41.4 Å². The molecule has 1 aromatic carbocycles. The quantitative estimate of drug-likeness (QED) is 0.828. The predicted molar refractivity (Wildman–Crippen MR) is 98.0 cm³/mol. The van der Waals surface area contributed by atoms with Gasteiger partial charge in [-0.3, -0.25) is 9.59 Å². The van der Waals surface area contributed by atoms with Crippen LogP contribution in [0.4, 0.5) is 5.82 Å². The van der Waals surface area contributed by atoms with Gasteiger partial charge in [0.1, 0.15) is 5.82 Å². The van der Waals surface area contributed by atoms with E-state index in [2.05, 4.69) is 15.7 Å². The first kappa shape index (κ1) is 18.1. The molecule has 1 aliphatic heterocycles. The van der Waals surface area contributed by atoms with Crippen molar-refractivity contribution in [3.05, 3.63) is 47.2 Å². The average Bonchev–Trinajstić information content (AvgIpc) is 3.28. The summed E-state index contributed by atoms with van der Waals surface area (Å²) >= 11 is 0. The van der Waals surface area contributed by atoms with Crippen molar-refractivity contribution in [2.45, 2.75) is 26.8 Å². The van der Waals surface area contributed by atoms with Crippen LogP contribution in [0.25, 0.3) is 0 Å². The fraction of sp³-hybridized carbons (Fsp3) is 0.421. The van der Waals surface area contributed by atoms with Crippen molar-refractivity contribution >= 4 is 17.6 Å². The third kappa shape index (κ3) is 4.49. The third-order valence-corrected chi connectivity index (χ3v) is 4.62. The van der Waals surface area contributed by atoms with Crippen molar-refractivity contribution < 1.29 is 14.3 Å². The first-order valence-corrected chi connectivity index (χ1v) is 8.78. The number of benzene rings is 1. The van der Waals surface area contributed by atoms with Crippen LogP contribution in [0.1, 0.15) is 27.9 Å². The van der Waals surface area contributed by atoms with Gasteiger partial charge in [-0.05, 0) is 43.5 Å². The number of carbonyl (C=O) groups excluding carboxylic acids is 2.